The Balaban J connectivity index is 1.09. The van der Waals surface area contributed by atoms with Crippen LogP contribution in [-0.4, -0.2) is 49.6 Å². The molecule has 2 amide bonds. The van der Waals surface area contributed by atoms with E-state index in [2.05, 4.69) is 22.0 Å². The van der Waals surface area contributed by atoms with Crippen molar-refractivity contribution >= 4 is 36.2 Å². The molecule has 5 aromatic carbocycles. The smallest absolute Gasteiger partial charge is 0.440 e. The van der Waals surface area contributed by atoms with Crippen LogP contribution in [0.15, 0.2) is 136 Å². The van der Waals surface area contributed by atoms with Crippen LogP contribution in [0.3, 0.4) is 0 Å². The van der Waals surface area contributed by atoms with Crippen molar-refractivity contribution in [2.75, 3.05) is 5.32 Å². The summed E-state index contributed by atoms with van der Waals surface area (Å²) in [5, 5.41) is 21.2. The van der Waals surface area contributed by atoms with E-state index in [0.717, 1.165) is 44.6 Å². The highest BCUT2D eigenvalue weighted by molar-refractivity contribution is 7.52. The molecule has 12 rings (SSSR count). The highest BCUT2D eigenvalue weighted by Crippen LogP contribution is 2.62. The molecule has 354 valence electrons. The van der Waals surface area contributed by atoms with E-state index in [9.17, 15) is 14.7 Å². The van der Waals surface area contributed by atoms with E-state index in [4.69, 9.17) is 32.6 Å². The SMILES string of the molecule is CC(C)C1NC(=O)[C@@H](NC(=O)[C@@H](O)C(C)C)Cc2ccc3c(c2)C24c5cccc(c5NC2O3)-c2cccc3c2c(cn3P(=O)(OCc2ccccc2)OCc2ccccc2)-c2cnc(o2)-c2nc1oc24. The van der Waals surface area contributed by atoms with E-state index in [-0.39, 0.29) is 43.3 Å². The molecule has 16 heteroatoms. The third kappa shape index (κ3) is 6.93. The molecule has 0 saturated heterocycles. The molecule has 0 aliphatic carbocycles. The van der Waals surface area contributed by atoms with Gasteiger partial charge in [-0.1, -0.05) is 131 Å². The van der Waals surface area contributed by atoms with Crippen LogP contribution >= 0.6 is 7.75 Å². The number of aliphatic hydroxyl groups is 1. The molecule has 10 bridgehead atoms. The van der Waals surface area contributed by atoms with Crippen LogP contribution in [-0.2, 0) is 48.3 Å². The van der Waals surface area contributed by atoms with Gasteiger partial charge < -0.3 is 34.6 Å². The molecule has 4 aliphatic heterocycles. The molecular weight excluding hydrogens is 908 g/mol. The Morgan fingerprint density at radius 1 is 0.871 bits per heavy atom. The van der Waals surface area contributed by atoms with Gasteiger partial charge in [-0.25, -0.2) is 14.5 Å². The number of nitrogens with one attached hydrogen (secondary N) is 3. The van der Waals surface area contributed by atoms with Gasteiger partial charge in [0.15, 0.2) is 23.4 Å². The molecule has 4 aliphatic rings. The van der Waals surface area contributed by atoms with Crippen molar-refractivity contribution in [1.82, 2.24) is 24.9 Å². The number of fused-ring (bicyclic) bond motifs is 7. The minimum Gasteiger partial charge on any atom is -0.469 e. The number of benzene rings is 5. The second kappa shape index (κ2) is 16.7. The Kier molecular flexibility index (Phi) is 10.5. The Morgan fingerprint density at radius 2 is 1.59 bits per heavy atom. The molecule has 8 aromatic rings. The molecule has 0 radical (unpaired) electrons. The number of nitrogens with zero attached hydrogens (tertiary/aromatic N) is 3. The predicted octanol–water partition coefficient (Wildman–Crippen LogP) is 9.67. The number of hydrogen-bond acceptors (Lipinski definition) is 12. The van der Waals surface area contributed by atoms with Crippen molar-refractivity contribution in [3.63, 3.8) is 0 Å². The summed E-state index contributed by atoms with van der Waals surface area (Å²) in [5.41, 5.74) is 6.61. The summed E-state index contributed by atoms with van der Waals surface area (Å²) in [6.45, 7) is 7.40. The molecule has 3 unspecified atom stereocenters. The zero-order valence-electron chi connectivity index (χ0n) is 38.7. The van der Waals surface area contributed by atoms with Crippen molar-refractivity contribution in [3.05, 3.63) is 167 Å². The number of hydrogen-bond donors (Lipinski definition) is 4. The summed E-state index contributed by atoms with van der Waals surface area (Å²) >= 11 is 0. The van der Waals surface area contributed by atoms with Crippen molar-refractivity contribution in [2.24, 2.45) is 11.8 Å². The van der Waals surface area contributed by atoms with Gasteiger partial charge in [-0.15, -0.1) is 0 Å². The number of rotatable bonds is 11. The van der Waals surface area contributed by atoms with Gasteiger partial charge in [-0.2, -0.15) is 0 Å². The Hall–Kier alpha value is -7.29. The van der Waals surface area contributed by atoms with Crippen LogP contribution in [0.5, 0.6) is 5.75 Å². The maximum atomic E-state index is 15.7. The lowest BCUT2D eigenvalue weighted by Gasteiger charge is -2.29. The molecule has 5 atom stereocenters. The fourth-order valence-electron chi connectivity index (χ4n) is 10.3. The Morgan fingerprint density at radius 3 is 2.30 bits per heavy atom. The lowest BCUT2D eigenvalue weighted by Crippen LogP contribution is -2.52. The topological polar surface area (TPSA) is 192 Å². The Labute approximate surface area is 402 Å². The molecule has 3 aromatic heterocycles. The summed E-state index contributed by atoms with van der Waals surface area (Å²) < 4.78 is 51.0. The summed E-state index contributed by atoms with van der Waals surface area (Å²) in [4.78, 5) is 37.9. The molecule has 0 fully saturated rings. The average Bonchev–Trinajstić information content (AvgIpc) is 4.21. The molecule has 4 N–H and O–H groups in total. The number of oxazole rings is 2. The highest BCUT2D eigenvalue weighted by atomic mass is 31.2. The largest absolute Gasteiger partial charge is 0.469 e. The fraction of sp³-hybridized carbons (Fsp3) is 0.259. The van der Waals surface area contributed by atoms with E-state index in [1.165, 1.54) is 0 Å². The summed E-state index contributed by atoms with van der Waals surface area (Å²) in [6, 6.07) is 34.9. The van der Waals surface area contributed by atoms with E-state index in [1.807, 2.05) is 123 Å². The first-order valence-electron chi connectivity index (χ1n) is 23.5. The maximum Gasteiger partial charge on any atom is 0.440 e. The second-order valence-corrected chi connectivity index (χ2v) is 20.9. The summed E-state index contributed by atoms with van der Waals surface area (Å²) in [7, 11) is -4.20. The van der Waals surface area contributed by atoms with Crippen LogP contribution in [0.4, 0.5) is 5.69 Å². The van der Waals surface area contributed by atoms with Gasteiger partial charge in [0.2, 0.25) is 23.6 Å². The van der Waals surface area contributed by atoms with Gasteiger partial charge in [0.25, 0.3) is 0 Å². The standard InChI is InChI=1S/C54H49N6O9P/c1-29(2)44-52-58-46-48(69-52)54-37-19-11-18-35(45(37)59-53(54)68-41-22-21-33(23-38(41)54)24-39(49(62)57-44)56-50(63)47(61)30(3)4)34-17-12-20-40-43(34)36(42-25-55-51(46)67-42)26-60(40)70(64,65-27-31-13-7-5-8-14-31)66-28-32-15-9-6-10-16-32/h5-23,25-26,29-30,39,44,47,53,59,61H,24,27-28H2,1-4H3,(H,56,63)(H,57,62)/t39-,44?,47-,53?,54?/m0/s1. The third-order valence-electron chi connectivity index (χ3n) is 13.9. The number of carbonyl (C=O) groups excluding carboxylic acids is 2. The quantitative estimate of drug-likeness (QED) is 0.0899. The van der Waals surface area contributed by atoms with Gasteiger partial charge in [-0.3, -0.25) is 23.0 Å². The molecule has 15 nitrogen and oxygen atoms in total. The van der Waals surface area contributed by atoms with Crippen LogP contribution < -0.4 is 20.7 Å². The van der Waals surface area contributed by atoms with E-state index in [1.54, 1.807) is 30.6 Å². The van der Waals surface area contributed by atoms with Gasteiger partial charge in [0, 0.05) is 45.9 Å². The molecule has 0 saturated carbocycles. The maximum absolute atomic E-state index is 15.7. The van der Waals surface area contributed by atoms with Crippen LogP contribution in [0.25, 0.3) is 44.9 Å². The fourth-order valence-corrected chi connectivity index (χ4v) is 12.0. The molecular formula is C54H49N6O9P. The van der Waals surface area contributed by atoms with Gasteiger partial charge in [0.05, 0.1) is 24.9 Å². The van der Waals surface area contributed by atoms with Crippen molar-refractivity contribution in [2.45, 2.75) is 77.2 Å². The first-order chi connectivity index (χ1) is 33.9. The van der Waals surface area contributed by atoms with E-state index in [0.29, 0.717) is 39.4 Å². The first-order valence-corrected chi connectivity index (χ1v) is 25.0. The number of amides is 2. The molecule has 1 spiro atoms. The number of ether oxygens (including phenoxy) is 1. The lowest BCUT2D eigenvalue weighted by molar-refractivity contribution is -0.135. The van der Waals surface area contributed by atoms with Crippen LogP contribution in [0.2, 0.25) is 0 Å². The number of para-hydroxylation sites is 1. The highest BCUT2D eigenvalue weighted by Gasteiger charge is 2.62. The monoisotopic (exact) mass is 956 g/mol. The van der Waals surface area contributed by atoms with Crippen LogP contribution in [0, 0.1) is 11.8 Å². The van der Waals surface area contributed by atoms with E-state index < -0.39 is 49.4 Å². The average molecular weight is 957 g/mol. The lowest BCUT2D eigenvalue weighted by atomic mass is 9.72. The number of aliphatic hydroxyl groups excluding tert-OH is 1. The summed E-state index contributed by atoms with van der Waals surface area (Å²) in [6.07, 6.45) is 1.40. The number of aromatic nitrogens is 3. The van der Waals surface area contributed by atoms with E-state index >= 15 is 4.57 Å². The minimum atomic E-state index is -4.20. The van der Waals surface area contributed by atoms with Crippen molar-refractivity contribution in [3.8, 4) is 39.8 Å². The zero-order chi connectivity index (χ0) is 48.1. The molecule has 7 heterocycles. The van der Waals surface area contributed by atoms with Crippen LogP contribution in [0.1, 0.15) is 73.2 Å². The van der Waals surface area contributed by atoms with Crippen molar-refractivity contribution in [1.29, 1.82) is 0 Å². The Bertz CT molecular complexity index is 3370. The summed E-state index contributed by atoms with van der Waals surface area (Å²) in [5.74, 6) is -0.0668. The minimum absolute atomic E-state index is 0.0163. The second-order valence-electron chi connectivity index (χ2n) is 19.0. The predicted molar refractivity (Wildman–Crippen MR) is 260 cm³/mol. The van der Waals surface area contributed by atoms with Gasteiger partial charge >= 0.3 is 7.75 Å². The number of anilines is 1. The normalized spacial score (nSPS) is 20.0. The number of carbonyl (C=O) groups is 2. The van der Waals surface area contributed by atoms with Gasteiger partial charge in [0.1, 0.15) is 29.4 Å². The first kappa shape index (κ1) is 44.0. The molecule has 70 heavy (non-hydrogen) atoms. The van der Waals surface area contributed by atoms with Crippen molar-refractivity contribution < 1.29 is 41.9 Å². The van der Waals surface area contributed by atoms with Gasteiger partial charge in [-0.05, 0) is 46.2 Å². The zero-order valence-corrected chi connectivity index (χ0v) is 39.6. The third-order valence-corrected chi connectivity index (χ3v) is 15.7.